The van der Waals surface area contributed by atoms with E-state index in [4.69, 9.17) is 21.3 Å². The van der Waals surface area contributed by atoms with Gasteiger partial charge in [-0.25, -0.2) is 9.78 Å². The summed E-state index contributed by atoms with van der Waals surface area (Å²) in [4.78, 5) is 29.2. The van der Waals surface area contributed by atoms with Crippen molar-refractivity contribution in [3.05, 3.63) is 95.0 Å². The fraction of sp³-hybridized carbons (Fsp3) is 0.103. The second-order valence-corrected chi connectivity index (χ2v) is 9.93. The van der Waals surface area contributed by atoms with Crippen LogP contribution in [0.2, 0.25) is 5.02 Å². The maximum absolute atomic E-state index is 13.0. The van der Waals surface area contributed by atoms with Gasteiger partial charge in [-0.05, 0) is 48.9 Å². The molecule has 0 spiro atoms. The maximum Gasteiger partial charge on any atom is 0.337 e. The molecule has 7 nitrogen and oxygen atoms in total. The monoisotopic (exact) mass is 543 g/mol. The molecule has 1 aromatic heterocycles. The van der Waals surface area contributed by atoms with Crippen molar-refractivity contribution in [1.82, 2.24) is 4.98 Å². The van der Waals surface area contributed by atoms with Gasteiger partial charge < -0.3 is 15.2 Å². The average Bonchev–Trinajstić information content (AvgIpc) is 2.94. The zero-order valence-corrected chi connectivity index (χ0v) is 22.0. The summed E-state index contributed by atoms with van der Waals surface area (Å²) < 4.78 is 5.27. The first-order valence-corrected chi connectivity index (χ1v) is 12.7. The number of nitriles is 1. The van der Waals surface area contributed by atoms with Crippen molar-refractivity contribution in [1.29, 1.82) is 5.26 Å². The number of pyridine rings is 1. The molecule has 4 aromatic rings. The van der Waals surface area contributed by atoms with E-state index in [1.807, 2.05) is 60.7 Å². The predicted octanol–water partition coefficient (Wildman–Crippen LogP) is 6.77. The molecule has 0 saturated heterocycles. The lowest BCUT2D eigenvalue weighted by Gasteiger charge is -2.16. The van der Waals surface area contributed by atoms with Gasteiger partial charge in [-0.15, -0.1) is 0 Å². The summed E-state index contributed by atoms with van der Waals surface area (Å²) in [5.74, 6) is -0.881. The number of benzene rings is 3. The first kappa shape index (κ1) is 26.7. The number of carboxylic acid groups (broad SMARTS) is 1. The molecular formula is C29H22ClN3O4S. The quantitative estimate of drug-likeness (QED) is 0.236. The standard InChI is InChI=1S/C29H22ClN3O4S/c1-17(27(34)32-20-10-13-25(30)23(14-20)29(35)36)38-28-24(16-31)22(18-8-11-21(37-2)12-9-18)15-26(33-28)19-6-4-3-5-7-19/h3-15,17H,1-2H3,(H,32,34)(H,35,36). The van der Waals surface area contributed by atoms with Gasteiger partial charge in [0.2, 0.25) is 5.91 Å². The minimum atomic E-state index is -1.19. The Morgan fingerprint density at radius 1 is 1.05 bits per heavy atom. The lowest BCUT2D eigenvalue weighted by atomic mass is 9.99. The second-order valence-electron chi connectivity index (χ2n) is 8.19. The molecule has 9 heteroatoms. The Morgan fingerprint density at radius 2 is 1.76 bits per heavy atom. The van der Waals surface area contributed by atoms with Crippen LogP contribution < -0.4 is 10.1 Å². The van der Waals surface area contributed by atoms with Gasteiger partial charge in [-0.3, -0.25) is 4.79 Å². The number of hydrogen-bond acceptors (Lipinski definition) is 6. The molecule has 1 atom stereocenters. The van der Waals surface area contributed by atoms with Crippen molar-refractivity contribution >= 4 is 40.9 Å². The number of nitrogens with one attached hydrogen (secondary N) is 1. The number of thioether (sulfide) groups is 1. The molecule has 0 aliphatic rings. The van der Waals surface area contributed by atoms with E-state index in [2.05, 4.69) is 11.4 Å². The summed E-state index contributed by atoms with van der Waals surface area (Å²) in [5, 5.41) is 22.0. The van der Waals surface area contributed by atoms with E-state index in [1.54, 1.807) is 14.0 Å². The highest BCUT2D eigenvalue weighted by Gasteiger charge is 2.22. The van der Waals surface area contributed by atoms with E-state index in [1.165, 1.54) is 18.2 Å². The van der Waals surface area contributed by atoms with E-state index < -0.39 is 11.2 Å². The minimum absolute atomic E-state index is 0.0737. The molecule has 38 heavy (non-hydrogen) atoms. The molecular weight excluding hydrogens is 522 g/mol. The summed E-state index contributed by atoms with van der Waals surface area (Å²) in [7, 11) is 1.59. The highest BCUT2D eigenvalue weighted by molar-refractivity contribution is 8.00. The molecule has 0 bridgehead atoms. The van der Waals surface area contributed by atoms with Crippen molar-refractivity contribution in [3.63, 3.8) is 0 Å². The van der Waals surface area contributed by atoms with Gasteiger partial charge in [-0.2, -0.15) is 5.26 Å². The summed E-state index contributed by atoms with van der Waals surface area (Å²) in [6, 6.07) is 25.3. The van der Waals surface area contributed by atoms with Crippen LogP contribution in [-0.2, 0) is 4.79 Å². The third kappa shape index (κ3) is 5.97. The van der Waals surface area contributed by atoms with Crippen LogP contribution in [0.4, 0.5) is 5.69 Å². The molecule has 0 saturated carbocycles. The molecule has 2 N–H and O–H groups in total. The van der Waals surface area contributed by atoms with Crippen molar-refractivity contribution in [2.75, 3.05) is 12.4 Å². The SMILES string of the molecule is COc1ccc(-c2cc(-c3ccccc3)nc(SC(C)C(=O)Nc3ccc(Cl)c(C(=O)O)c3)c2C#N)cc1. The Labute approximate surface area is 229 Å². The minimum Gasteiger partial charge on any atom is -0.497 e. The third-order valence-corrected chi connectivity index (χ3v) is 7.11. The van der Waals surface area contributed by atoms with Crippen LogP contribution in [0.3, 0.4) is 0 Å². The van der Waals surface area contributed by atoms with Gasteiger partial charge in [0.1, 0.15) is 16.8 Å². The zero-order chi connectivity index (χ0) is 27.2. The first-order chi connectivity index (χ1) is 18.3. The smallest absolute Gasteiger partial charge is 0.337 e. The van der Waals surface area contributed by atoms with Crippen LogP contribution in [0.1, 0.15) is 22.8 Å². The number of carbonyl (C=O) groups excluding carboxylic acids is 1. The van der Waals surface area contributed by atoms with Crippen LogP contribution in [0.5, 0.6) is 5.75 Å². The second kappa shape index (κ2) is 11.8. The number of amides is 1. The summed E-state index contributed by atoms with van der Waals surface area (Å²) in [6.45, 7) is 1.69. The molecule has 0 radical (unpaired) electrons. The van der Waals surface area contributed by atoms with Crippen molar-refractivity contribution in [3.8, 4) is 34.2 Å². The molecule has 0 fully saturated rings. The molecule has 4 rings (SSSR count). The largest absolute Gasteiger partial charge is 0.497 e. The number of hydrogen-bond donors (Lipinski definition) is 2. The number of halogens is 1. The Balaban J connectivity index is 1.70. The number of nitrogens with zero attached hydrogens (tertiary/aromatic N) is 2. The van der Waals surface area contributed by atoms with E-state index in [-0.39, 0.29) is 16.5 Å². The summed E-state index contributed by atoms with van der Waals surface area (Å²) in [5.41, 5.74) is 3.56. The molecule has 1 unspecified atom stereocenters. The Morgan fingerprint density at radius 3 is 2.39 bits per heavy atom. The van der Waals surface area contributed by atoms with E-state index >= 15 is 0 Å². The van der Waals surface area contributed by atoms with Crippen LogP contribution in [0.25, 0.3) is 22.4 Å². The highest BCUT2D eigenvalue weighted by Crippen LogP contribution is 2.36. The number of carboxylic acids is 1. The third-order valence-electron chi connectivity index (χ3n) is 5.69. The van der Waals surface area contributed by atoms with Gasteiger partial charge in [0.25, 0.3) is 0 Å². The summed E-state index contributed by atoms with van der Waals surface area (Å²) in [6.07, 6.45) is 0. The van der Waals surface area contributed by atoms with Crippen LogP contribution in [0.15, 0.2) is 83.9 Å². The molecule has 1 amide bonds. The van der Waals surface area contributed by atoms with Gasteiger partial charge in [0.05, 0.1) is 34.2 Å². The van der Waals surface area contributed by atoms with Crippen molar-refractivity contribution in [2.45, 2.75) is 17.2 Å². The Hall–Kier alpha value is -4.32. The fourth-order valence-corrected chi connectivity index (χ4v) is 4.83. The fourth-order valence-electron chi connectivity index (χ4n) is 3.70. The van der Waals surface area contributed by atoms with Gasteiger partial charge >= 0.3 is 5.97 Å². The number of carbonyl (C=O) groups is 2. The molecule has 190 valence electrons. The molecule has 0 aliphatic carbocycles. The van der Waals surface area contributed by atoms with Gasteiger partial charge in [0, 0.05) is 16.8 Å². The van der Waals surface area contributed by atoms with E-state index in [9.17, 15) is 20.0 Å². The van der Waals surface area contributed by atoms with E-state index in [0.29, 0.717) is 33.3 Å². The number of methoxy groups -OCH3 is 1. The maximum atomic E-state index is 13.0. The number of aromatic nitrogens is 1. The average molecular weight is 544 g/mol. The number of anilines is 1. The lowest BCUT2D eigenvalue weighted by Crippen LogP contribution is -2.23. The number of rotatable bonds is 8. The van der Waals surface area contributed by atoms with Crippen LogP contribution in [0, 0.1) is 11.3 Å². The highest BCUT2D eigenvalue weighted by atomic mass is 35.5. The number of ether oxygens (including phenoxy) is 1. The van der Waals surface area contributed by atoms with Crippen LogP contribution in [-0.4, -0.2) is 34.3 Å². The van der Waals surface area contributed by atoms with Crippen molar-refractivity contribution in [2.24, 2.45) is 0 Å². The topological polar surface area (TPSA) is 112 Å². The van der Waals surface area contributed by atoms with E-state index in [0.717, 1.165) is 22.9 Å². The molecule has 3 aromatic carbocycles. The Kier molecular flexibility index (Phi) is 8.31. The lowest BCUT2D eigenvalue weighted by molar-refractivity contribution is -0.115. The summed E-state index contributed by atoms with van der Waals surface area (Å²) >= 11 is 7.08. The Bertz CT molecular complexity index is 1540. The normalized spacial score (nSPS) is 11.3. The predicted molar refractivity (Wildman–Crippen MR) is 149 cm³/mol. The van der Waals surface area contributed by atoms with Gasteiger partial charge in [-0.1, -0.05) is 65.8 Å². The number of aromatic carboxylic acids is 1. The zero-order valence-electron chi connectivity index (χ0n) is 20.4. The van der Waals surface area contributed by atoms with Crippen molar-refractivity contribution < 1.29 is 19.4 Å². The first-order valence-electron chi connectivity index (χ1n) is 11.5. The van der Waals surface area contributed by atoms with Gasteiger partial charge in [0.15, 0.2) is 0 Å². The molecule has 1 heterocycles. The molecule has 0 aliphatic heterocycles. The van der Waals surface area contributed by atoms with Crippen LogP contribution >= 0.6 is 23.4 Å².